The number of nitrogens with two attached hydrogens (primary N) is 1. The minimum absolute atomic E-state index is 0.0438. The number of aromatic nitrogens is 1. The van der Waals surface area contributed by atoms with Gasteiger partial charge in [0.1, 0.15) is 11.3 Å². The summed E-state index contributed by atoms with van der Waals surface area (Å²) in [5, 5.41) is 2.86. The second-order valence-electron chi connectivity index (χ2n) is 6.11. The first-order valence-electron chi connectivity index (χ1n) is 8.11. The average molecular weight is 344 g/mol. The van der Waals surface area contributed by atoms with Crippen molar-refractivity contribution in [1.82, 2.24) is 15.2 Å². The molecule has 1 aliphatic rings. The number of likely N-dealkylation sites (tertiary alicyclic amines) is 1. The molecule has 0 spiro atoms. The molecule has 132 valence electrons. The van der Waals surface area contributed by atoms with Gasteiger partial charge in [-0.1, -0.05) is 0 Å². The van der Waals surface area contributed by atoms with Crippen LogP contribution < -0.4 is 16.6 Å². The molecule has 0 radical (unpaired) electrons. The number of aromatic amines is 1. The first-order chi connectivity index (χ1) is 12.0. The van der Waals surface area contributed by atoms with E-state index in [-0.39, 0.29) is 18.2 Å². The van der Waals surface area contributed by atoms with Gasteiger partial charge in [-0.25, -0.2) is 0 Å². The van der Waals surface area contributed by atoms with E-state index in [2.05, 4.69) is 10.3 Å². The summed E-state index contributed by atoms with van der Waals surface area (Å²) in [4.78, 5) is 40.2. The minimum Gasteiger partial charge on any atom is -0.463 e. The van der Waals surface area contributed by atoms with Gasteiger partial charge in [-0.15, -0.1) is 0 Å². The molecule has 25 heavy (non-hydrogen) atoms. The molecule has 1 saturated heterocycles. The van der Waals surface area contributed by atoms with Crippen molar-refractivity contribution >= 4 is 11.8 Å². The molecule has 0 aliphatic carbocycles. The van der Waals surface area contributed by atoms with Gasteiger partial charge in [0.2, 0.25) is 5.91 Å². The number of amides is 2. The number of nitrogens with zero attached hydrogens (tertiary/aromatic N) is 1. The van der Waals surface area contributed by atoms with E-state index in [1.54, 1.807) is 18.2 Å². The molecular weight excluding hydrogens is 324 g/mol. The van der Waals surface area contributed by atoms with Crippen LogP contribution in [-0.4, -0.2) is 47.4 Å². The largest absolute Gasteiger partial charge is 0.463 e. The summed E-state index contributed by atoms with van der Waals surface area (Å²) >= 11 is 0. The molecule has 4 N–H and O–H groups in total. The van der Waals surface area contributed by atoms with Gasteiger partial charge in [-0.3, -0.25) is 19.3 Å². The highest BCUT2D eigenvalue weighted by atomic mass is 16.3. The van der Waals surface area contributed by atoms with Crippen LogP contribution >= 0.6 is 0 Å². The maximum Gasteiger partial charge on any atom is 0.261 e. The van der Waals surface area contributed by atoms with Gasteiger partial charge in [0, 0.05) is 12.6 Å². The fraction of sp³-hybridized carbons (Fsp3) is 0.353. The number of carbonyl (C=O) groups excluding carboxylic acids is 2. The lowest BCUT2D eigenvalue weighted by Gasteiger charge is -2.32. The number of primary amides is 1. The van der Waals surface area contributed by atoms with Crippen molar-refractivity contribution in [3.8, 4) is 11.5 Å². The molecule has 1 atom stereocenters. The molecular formula is C17H20N4O4. The smallest absolute Gasteiger partial charge is 0.261 e. The van der Waals surface area contributed by atoms with E-state index in [0.717, 1.165) is 19.4 Å². The van der Waals surface area contributed by atoms with Gasteiger partial charge in [0.15, 0.2) is 0 Å². The number of carbonyl (C=O) groups is 2. The standard InChI is InChI=1S/C17H20N4O4/c18-15(22)10-21-7-1-3-11(9-21)19-16(23)12-5-6-13(20-17(12)24)14-4-2-8-25-14/h2,4-6,8,11H,1,3,7,9-10H2,(H2,18,22)(H,19,23)(H,20,24). The maximum atomic E-state index is 12.4. The van der Waals surface area contributed by atoms with Crippen LogP contribution in [0, 0.1) is 0 Å². The van der Waals surface area contributed by atoms with Gasteiger partial charge in [0.25, 0.3) is 11.5 Å². The van der Waals surface area contributed by atoms with Gasteiger partial charge >= 0.3 is 0 Å². The second kappa shape index (κ2) is 7.35. The summed E-state index contributed by atoms with van der Waals surface area (Å²) < 4.78 is 5.23. The van der Waals surface area contributed by atoms with Crippen molar-refractivity contribution < 1.29 is 14.0 Å². The van der Waals surface area contributed by atoms with Gasteiger partial charge in [0.05, 0.1) is 18.5 Å². The number of piperidine rings is 1. The normalized spacial score (nSPS) is 18.0. The molecule has 0 bridgehead atoms. The third kappa shape index (κ3) is 4.16. The van der Waals surface area contributed by atoms with Crippen LogP contribution in [0.3, 0.4) is 0 Å². The Kier molecular flexibility index (Phi) is 4.99. The third-order valence-corrected chi connectivity index (χ3v) is 4.16. The summed E-state index contributed by atoms with van der Waals surface area (Å²) in [5.74, 6) is -0.298. The Bertz CT molecular complexity index is 812. The Morgan fingerprint density at radius 2 is 2.20 bits per heavy atom. The zero-order valence-corrected chi connectivity index (χ0v) is 13.7. The molecule has 3 heterocycles. The van der Waals surface area contributed by atoms with Crippen LogP contribution in [0.1, 0.15) is 23.2 Å². The van der Waals surface area contributed by atoms with Crippen LogP contribution in [0.15, 0.2) is 39.7 Å². The van der Waals surface area contributed by atoms with E-state index in [4.69, 9.17) is 10.2 Å². The van der Waals surface area contributed by atoms with Crippen molar-refractivity contribution in [2.24, 2.45) is 5.73 Å². The first-order valence-corrected chi connectivity index (χ1v) is 8.11. The predicted molar refractivity (Wildman–Crippen MR) is 90.9 cm³/mol. The lowest BCUT2D eigenvalue weighted by atomic mass is 10.1. The van der Waals surface area contributed by atoms with E-state index >= 15 is 0 Å². The number of pyridine rings is 1. The first kappa shape index (κ1) is 17.0. The van der Waals surface area contributed by atoms with Crippen molar-refractivity contribution in [2.75, 3.05) is 19.6 Å². The molecule has 1 unspecified atom stereocenters. The summed E-state index contributed by atoms with van der Waals surface area (Å²) in [5.41, 5.74) is 5.29. The Hall–Kier alpha value is -2.87. The molecule has 3 rings (SSSR count). The van der Waals surface area contributed by atoms with Crippen LogP contribution in [0.2, 0.25) is 0 Å². The van der Waals surface area contributed by atoms with E-state index in [9.17, 15) is 14.4 Å². The number of rotatable bonds is 5. The van der Waals surface area contributed by atoms with Crippen LogP contribution in [0.4, 0.5) is 0 Å². The van der Waals surface area contributed by atoms with Gasteiger partial charge < -0.3 is 20.5 Å². The topological polar surface area (TPSA) is 121 Å². The average Bonchev–Trinajstić information content (AvgIpc) is 3.08. The van der Waals surface area contributed by atoms with Crippen LogP contribution in [-0.2, 0) is 4.79 Å². The maximum absolute atomic E-state index is 12.4. The van der Waals surface area contributed by atoms with Crippen molar-refractivity contribution in [3.63, 3.8) is 0 Å². The minimum atomic E-state index is -0.476. The number of hydrogen-bond donors (Lipinski definition) is 3. The van der Waals surface area contributed by atoms with Crippen molar-refractivity contribution in [1.29, 1.82) is 0 Å². The van der Waals surface area contributed by atoms with E-state index in [1.807, 2.05) is 4.90 Å². The molecule has 8 nitrogen and oxygen atoms in total. The summed E-state index contributed by atoms with van der Waals surface area (Å²) in [6.45, 7) is 1.48. The lowest BCUT2D eigenvalue weighted by molar-refractivity contribution is -0.119. The summed E-state index contributed by atoms with van der Waals surface area (Å²) in [6, 6.07) is 6.44. The molecule has 8 heteroatoms. The quantitative estimate of drug-likeness (QED) is 0.721. The fourth-order valence-corrected chi connectivity index (χ4v) is 3.03. The van der Waals surface area contributed by atoms with Crippen LogP contribution in [0.25, 0.3) is 11.5 Å². The highest BCUT2D eigenvalue weighted by Gasteiger charge is 2.23. The molecule has 2 aromatic rings. The highest BCUT2D eigenvalue weighted by Crippen LogP contribution is 2.16. The molecule has 2 aromatic heterocycles. The zero-order valence-electron chi connectivity index (χ0n) is 13.7. The summed E-state index contributed by atoms with van der Waals surface area (Å²) in [7, 11) is 0. The highest BCUT2D eigenvalue weighted by molar-refractivity contribution is 5.94. The number of furan rings is 1. The third-order valence-electron chi connectivity index (χ3n) is 4.16. The number of H-pyrrole nitrogens is 1. The van der Waals surface area contributed by atoms with E-state index in [0.29, 0.717) is 18.0 Å². The molecule has 0 aromatic carbocycles. The zero-order chi connectivity index (χ0) is 17.8. The van der Waals surface area contributed by atoms with Crippen molar-refractivity contribution in [2.45, 2.75) is 18.9 Å². The Morgan fingerprint density at radius 3 is 2.88 bits per heavy atom. The number of hydrogen-bond acceptors (Lipinski definition) is 5. The van der Waals surface area contributed by atoms with Crippen LogP contribution in [0.5, 0.6) is 0 Å². The second-order valence-corrected chi connectivity index (χ2v) is 6.11. The molecule has 2 amide bonds. The Balaban J connectivity index is 1.67. The molecule has 1 aliphatic heterocycles. The SMILES string of the molecule is NC(=O)CN1CCCC(NC(=O)c2ccc(-c3ccco3)[nH]c2=O)C1. The lowest BCUT2D eigenvalue weighted by Crippen LogP contribution is -2.50. The van der Waals surface area contributed by atoms with E-state index < -0.39 is 17.4 Å². The predicted octanol–water partition coefficient (Wildman–Crippen LogP) is 0.314. The summed E-state index contributed by atoms with van der Waals surface area (Å²) in [6.07, 6.45) is 3.16. The molecule has 0 saturated carbocycles. The van der Waals surface area contributed by atoms with Gasteiger partial charge in [-0.05, 0) is 43.7 Å². The number of nitrogens with one attached hydrogen (secondary N) is 2. The monoisotopic (exact) mass is 344 g/mol. The fourth-order valence-electron chi connectivity index (χ4n) is 3.03. The Labute approximate surface area is 144 Å². The molecule has 1 fully saturated rings. The van der Waals surface area contributed by atoms with Gasteiger partial charge in [-0.2, -0.15) is 0 Å². The Morgan fingerprint density at radius 1 is 1.36 bits per heavy atom. The van der Waals surface area contributed by atoms with E-state index in [1.165, 1.54) is 12.3 Å². The van der Waals surface area contributed by atoms with Crippen molar-refractivity contribution in [3.05, 3.63) is 46.4 Å².